The molecule has 21 heavy (non-hydrogen) atoms. The van der Waals surface area contributed by atoms with Crippen molar-refractivity contribution in [2.75, 3.05) is 0 Å². The molecule has 0 aromatic heterocycles. The van der Waals surface area contributed by atoms with Gasteiger partial charge in [-0.2, -0.15) is 0 Å². The Labute approximate surface area is 128 Å². The Morgan fingerprint density at radius 3 is 1.71 bits per heavy atom. The topological polar surface area (TPSA) is 17.1 Å². The summed E-state index contributed by atoms with van der Waals surface area (Å²) in [5, 5.41) is 0. The molecule has 0 aliphatic carbocycles. The van der Waals surface area contributed by atoms with Gasteiger partial charge in [-0.15, -0.1) is 0 Å². The summed E-state index contributed by atoms with van der Waals surface area (Å²) < 4.78 is 0. The van der Waals surface area contributed by atoms with Crippen molar-refractivity contribution in [2.45, 2.75) is 45.4 Å². The summed E-state index contributed by atoms with van der Waals surface area (Å²) in [5.41, 5.74) is 4.09. The lowest BCUT2D eigenvalue weighted by molar-refractivity contribution is -0.116. The molecule has 0 bridgehead atoms. The molecule has 0 unspecified atom stereocenters. The molecule has 0 aliphatic rings. The molecule has 0 aliphatic heterocycles. The number of Topliss-reactive ketones (excluding diaryl/α,β-unsaturated/α-hetero) is 1. The fourth-order valence-electron chi connectivity index (χ4n) is 2.50. The first-order valence-corrected chi connectivity index (χ1v) is 7.85. The summed E-state index contributed by atoms with van der Waals surface area (Å²) in [6, 6.07) is 19.4. The van der Waals surface area contributed by atoms with E-state index in [0.717, 1.165) is 19.3 Å². The van der Waals surface area contributed by atoms with Gasteiger partial charge in [0.15, 0.2) is 0 Å². The van der Waals surface area contributed by atoms with Crippen molar-refractivity contribution in [3.05, 3.63) is 71.3 Å². The van der Waals surface area contributed by atoms with Gasteiger partial charge in [0, 0.05) is 6.42 Å². The van der Waals surface area contributed by atoms with Gasteiger partial charge >= 0.3 is 0 Å². The highest BCUT2D eigenvalue weighted by Gasteiger charge is 1.99. The number of hydrogen-bond acceptors (Lipinski definition) is 1. The number of ketones is 1. The highest BCUT2D eigenvalue weighted by Crippen LogP contribution is 2.11. The molecule has 0 N–H and O–H groups in total. The molecule has 0 radical (unpaired) electrons. The van der Waals surface area contributed by atoms with Gasteiger partial charge in [0.05, 0.1) is 0 Å². The fraction of sp³-hybridized carbons (Fsp3) is 0.350. The standard InChI is InChI=1S/C20H24O/c1-17(21)11-12-20-15-13-19(14-16-20)10-6-5-9-18-7-3-2-4-8-18/h2-4,7-8,13-16H,5-6,9-12H2,1H3. The van der Waals surface area contributed by atoms with E-state index < -0.39 is 0 Å². The highest BCUT2D eigenvalue weighted by molar-refractivity contribution is 5.75. The van der Waals surface area contributed by atoms with E-state index in [0.29, 0.717) is 6.42 Å². The number of hydrogen-bond donors (Lipinski definition) is 0. The Morgan fingerprint density at radius 1 is 0.714 bits per heavy atom. The first-order valence-electron chi connectivity index (χ1n) is 7.85. The van der Waals surface area contributed by atoms with E-state index in [1.54, 1.807) is 6.92 Å². The third-order valence-corrected chi connectivity index (χ3v) is 3.81. The van der Waals surface area contributed by atoms with Gasteiger partial charge in [0.1, 0.15) is 5.78 Å². The number of unbranched alkanes of at least 4 members (excludes halogenated alkanes) is 1. The van der Waals surface area contributed by atoms with Gasteiger partial charge in [-0.05, 0) is 55.7 Å². The van der Waals surface area contributed by atoms with E-state index >= 15 is 0 Å². The number of carbonyl (C=O) groups is 1. The van der Waals surface area contributed by atoms with E-state index in [-0.39, 0.29) is 5.78 Å². The maximum Gasteiger partial charge on any atom is 0.130 e. The maximum atomic E-state index is 11.0. The molecule has 0 amide bonds. The summed E-state index contributed by atoms with van der Waals surface area (Å²) in [4.78, 5) is 11.0. The Morgan fingerprint density at radius 2 is 1.19 bits per heavy atom. The average Bonchev–Trinajstić information content (AvgIpc) is 2.52. The smallest absolute Gasteiger partial charge is 0.130 e. The summed E-state index contributed by atoms with van der Waals surface area (Å²) in [5.74, 6) is 0.264. The van der Waals surface area contributed by atoms with Gasteiger partial charge in [-0.25, -0.2) is 0 Å². The van der Waals surface area contributed by atoms with Crippen LogP contribution in [0, 0.1) is 0 Å². The first kappa shape index (κ1) is 15.5. The van der Waals surface area contributed by atoms with Crippen LogP contribution in [0.4, 0.5) is 0 Å². The normalized spacial score (nSPS) is 10.5. The monoisotopic (exact) mass is 280 g/mol. The Kier molecular flexibility index (Phi) is 6.21. The van der Waals surface area contributed by atoms with Crippen LogP contribution in [-0.4, -0.2) is 5.78 Å². The second-order valence-electron chi connectivity index (χ2n) is 5.71. The van der Waals surface area contributed by atoms with Crippen molar-refractivity contribution in [3.63, 3.8) is 0 Å². The van der Waals surface area contributed by atoms with Crippen molar-refractivity contribution in [2.24, 2.45) is 0 Å². The van der Waals surface area contributed by atoms with Crippen LogP contribution in [-0.2, 0) is 24.1 Å². The lowest BCUT2D eigenvalue weighted by Crippen LogP contribution is -1.94. The third-order valence-electron chi connectivity index (χ3n) is 3.81. The zero-order valence-corrected chi connectivity index (χ0v) is 12.8. The molecule has 2 aromatic carbocycles. The molecule has 1 heteroatoms. The van der Waals surface area contributed by atoms with Gasteiger partial charge < -0.3 is 4.79 Å². The molecule has 110 valence electrons. The minimum Gasteiger partial charge on any atom is -0.300 e. The quantitative estimate of drug-likeness (QED) is 0.636. The average molecular weight is 280 g/mol. The van der Waals surface area contributed by atoms with Crippen LogP contribution in [0.3, 0.4) is 0 Å². The molecular formula is C20H24O. The summed E-state index contributed by atoms with van der Waals surface area (Å²) in [6.45, 7) is 1.65. The number of aryl methyl sites for hydroxylation is 3. The predicted molar refractivity (Wildman–Crippen MR) is 88.5 cm³/mol. The van der Waals surface area contributed by atoms with Gasteiger partial charge in [-0.1, -0.05) is 54.6 Å². The van der Waals surface area contributed by atoms with Gasteiger partial charge in [0.25, 0.3) is 0 Å². The Bertz CT molecular complexity index is 540. The molecular weight excluding hydrogens is 256 g/mol. The van der Waals surface area contributed by atoms with Crippen LogP contribution in [0.5, 0.6) is 0 Å². The van der Waals surface area contributed by atoms with E-state index in [4.69, 9.17) is 0 Å². The number of carbonyl (C=O) groups excluding carboxylic acids is 1. The Hall–Kier alpha value is -1.89. The molecule has 1 nitrogen and oxygen atoms in total. The summed E-state index contributed by atoms with van der Waals surface area (Å²) in [7, 11) is 0. The predicted octanol–water partition coefficient (Wildman–Crippen LogP) is 4.77. The van der Waals surface area contributed by atoms with E-state index in [9.17, 15) is 4.79 Å². The molecule has 0 spiro atoms. The van der Waals surface area contributed by atoms with E-state index in [1.807, 2.05) is 0 Å². The molecule has 0 atom stereocenters. The van der Waals surface area contributed by atoms with Crippen LogP contribution < -0.4 is 0 Å². The number of rotatable bonds is 8. The Balaban J connectivity index is 1.70. The minimum atomic E-state index is 0.264. The largest absolute Gasteiger partial charge is 0.300 e. The van der Waals surface area contributed by atoms with Crippen molar-refractivity contribution in [1.29, 1.82) is 0 Å². The zero-order chi connectivity index (χ0) is 14.9. The lowest BCUT2D eigenvalue weighted by atomic mass is 10.0. The molecule has 2 rings (SSSR count). The maximum absolute atomic E-state index is 11.0. The highest BCUT2D eigenvalue weighted by atomic mass is 16.1. The molecule has 0 saturated heterocycles. The zero-order valence-electron chi connectivity index (χ0n) is 12.8. The van der Waals surface area contributed by atoms with Crippen molar-refractivity contribution in [1.82, 2.24) is 0 Å². The van der Waals surface area contributed by atoms with Crippen LogP contribution >= 0.6 is 0 Å². The van der Waals surface area contributed by atoms with Crippen molar-refractivity contribution >= 4 is 5.78 Å². The van der Waals surface area contributed by atoms with Crippen LogP contribution in [0.2, 0.25) is 0 Å². The second-order valence-corrected chi connectivity index (χ2v) is 5.71. The number of benzene rings is 2. The van der Waals surface area contributed by atoms with Crippen LogP contribution in [0.15, 0.2) is 54.6 Å². The van der Waals surface area contributed by atoms with Crippen LogP contribution in [0.1, 0.15) is 42.9 Å². The third kappa shape index (κ3) is 5.95. The fourth-order valence-corrected chi connectivity index (χ4v) is 2.50. The summed E-state index contributed by atoms with van der Waals surface area (Å²) in [6.07, 6.45) is 6.27. The SMILES string of the molecule is CC(=O)CCc1ccc(CCCCc2ccccc2)cc1. The minimum absolute atomic E-state index is 0.264. The van der Waals surface area contributed by atoms with Crippen molar-refractivity contribution in [3.8, 4) is 0 Å². The lowest BCUT2D eigenvalue weighted by Gasteiger charge is -2.04. The van der Waals surface area contributed by atoms with Crippen molar-refractivity contribution < 1.29 is 4.79 Å². The molecule has 0 heterocycles. The summed E-state index contributed by atoms with van der Waals surface area (Å²) >= 11 is 0. The first-order chi connectivity index (χ1) is 10.2. The molecule has 0 fully saturated rings. The molecule has 2 aromatic rings. The second kappa shape index (κ2) is 8.41. The van der Waals surface area contributed by atoms with Crippen LogP contribution in [0.25, 0.3) is 0 Å². The molecule has 0 saturated carbocycles. The van der Waals surface area contributed by atoms with E-state index in [1.165, 1.54) is 29.5 Å². The van der Waals surface area contributed by atoms with Gasteiger partial charge in [0.2, 0.25) is 0 Å². The van der Waals surface area contributed by atoms with E-state index in [2.05, 4.69) is 54.6 Å². The van der Waals surface area contributed by atoms with Gasteiger partial charge in [-0.3, -0.25) is 0 Å².